The van der Waals surface area contributed by atoms with E-state index in [0.717, 1.165) is 19.4 Å². The average Bonchev–Trinajstić information content (AvgIpc) is 2.45. The normalized spacial score (nSPS) is 26.4. The Balaban J connectivity index is 2.05. The minimum absolute atomic E-state index is 0.0807. The molecule has 1 fully saturated rings. The summed E-state index contributed by atoms with van der Waals surface area (Å²) in [5.74, 6) is 0.838. The van der Waals surface area contributed by atoms with Crippen LogP contribution in [0, 0.1) is 11.7 Å². The predicted octanol–water partition coefficient (Wildman–Crippen LogP) is 4.15. The molecule has 3 unspecified atom stereocenters. The highest BCUT2D eigenvalue weighted by molar-refractivity contribution is 5.24. The molecule has 3 heteroatoms. The van der Waals surface area contributed by atoms with Crippen molar-refractivity contribution >= 4 is 0 Å². The van der Waals surface area contributed by atoms with Gasteiger partial charge in [0.1, 0.15) is 6.10 Å². The van der Waals surface area contributed by atoms with E-state index in [1.54, 1.807) is 12.1 Å². The van der Waals surface area contributed by atoms with Crippen molar-refractivity contribution in [2.45, 2.75) is 58.1 Å². The molecule has 0 amide bonds. The van der Waals surface area contributed by atoms with E-state index in [-0.39, 0.29) is 11.9 Å². The van der Waals surface area contributed by atoms with E-state index in [2.05, 4.69) is 19.2 Å². The van der Waals surface area contributed by atoms with Crippen molar-refractivity contribution in [2.24, 2.45) is 5.92 Å². The van der Waals surface area contributed by atoms with Gasteiger partial charge in [0, 0.05) is 6.04 Å². The van der Waals surface area contributed by atoms with Crippen LogP contribution < -0.4 is 10.1 Å². The summed E-state index contributed by atoms with van der Waals surface area (Å²) in [6.45, 7) is 5.27. The quantitative estimate of drug-likeness (QED) is 0.844. The summed E-state index contributed by atoms with van der Waals surface area (Å²) in [6.07, 6.45) is 5.94. The van der Waals surface area contributed by atoms with Crippen molar-refractivity contribution in [3.05, 3.63) is 30.1 Å². The summed E-state index contributed by atoms with van der Waals surface area (Å²) in [4.78, 5) is 0. The minimum Gasteiger partial charge on any atom is -0.486 e. The zero-order chi connectivity index (χ0) is 14.4. The average molecular weight is 279 g/mol. The van der Waals surface area contributed by atoms with E-state index in [0.29, 0.717) is 17.7 Å². The Bertz CT molecular complexity index is 410. The number of hydrogen-bond acceptors (Lipinski definition) is 2. The molecule has 0 aliphatic heterocycles. The van der Waals surface area contributed by atoms with Crippen molar-refractivity contribution < 1.29 is 9.13 Å². The maximum absolute atomic E-state index is 13.8. The molecule has 3 atom stereocenters. The lowest BCUT2D eigenvalue weighted by atomic mass is 9.81. The first-order valence-electron chi connectivity index (χ1n) is 7.89. The largest absolute Gasteiger partial charge is 0.486 e. The van der Waals surface area contributed by atoms with Crippen molar-refractivity contribution in [1.29, 1.82) is 0 Å². The molecule has 1 aromatic carbocycles. The highest BCUT2D eigenvalue weighted by atomic mass is 19.1. The number of ether oxygens (including phenoxy) is 1. The Kier molecular flexibility index (Phi) is 5.84. The molecule has 2 nitrogen and oxygen atoms in total. The molecule has 0 bridgehead atoms. The van der Waals surface area contributed by atoms with Gasteiger partial charge in [0.05, 0.1) is 0 Å². The molecule has 0 heterocycles. The van der Waals surface area contributed by atoms with Crippen LogP contribution in [-0.4, -0.2) is 18.7 Å². The topological polar surface area (TPSA) is 21.3 Å². The van der Waals surface area contributed by atoms with Gasteiger partial charge in [-0.3, -0.25) is 0 Å². The maximum atomic E-state index is 13.8. The van der Waals surface area contributed by atoms with E-state index in [1.807, 2.05) is 6.07 Å². The Morgan fingerprint density at radius 3 is 2.75 bits per heavy atom. The van der Waals surface area contributed by atoms with E-state index < -0.39 is 0 Å². The smallest absolute Gasteiger partial charge is 0.165 e. The standard InChI is InChI=1S/C17H26FNO/c1-3-7-13-10-11-15(19-4-2)17(12-13)20-16-9-6-5-8-14(16)18/h5-6,8-9,13,15,17,19H,3-4,7,10-12H2,1-2H3. The van der Waals surface area contributed by atoms with Gasteiger partial charge >= 0.3 is 0 Å². The van der Waals surface area contributed by atoms with Gasteiger partial charge in [0.25, 0.3) is 0 Å². The molecule has 0 spiro atoms. The molecule has 1 aliphatic carbocycles. The van der Waals surface area contributed by atoms with Crippen LogP contribution in [0.4, 0.5) is 4.39 Å². The molecule has 112 valence electrons. The van der Waals surface area contributed by atoms with Crippen molar-refractivity contribution in [1.82, 2.24) is 5.32 Å². The van der Waals surface area contributed by atoms with Crippen molar-refractivity contribution in [2.75, 3.05) is 6.54 Å². The van der Waals surface area contributed by atoms with Crippen LogP contribution in [-0.2, 0) is 0 Å². The van der Waals surface area contributed by atoms with Crippen LogP contribution in [0.3, 0.4) is 0 Å². The predicted molar refractivity (Wildman–Crippen MR) is 80.5 cm³/mol. The Labute approximate surface area is 121 Å². The lowest BCUT2D eigenvalue weighted by molar-refractivity contribution is 0.0804. The number of likely N-dealkylation sites (N-methyl/N-ethyl adjacent to an activating group) is 1. The first-order chi connectivity index (χ1) is 9.74. The first-order valence-corrected chi connectivity index (χ1v) is 7.89. The monoisotopic (exact) mass is 279 g/mol. The van der Waals surface area contributed by atoms with Gasteiger partial charge in [-0.25, -0.2) is 4.39 Å². The second kappa shape index (κ2) is 7.63. The number of benzene rings is 1. The lowest BCUT2D eigenvalue weighted by Crippen LogP contribution is -2.47. The number of halogens is 1. The molecular weight excluding hydrogens is 253 g/mol. The van der Waals surface area contributed by atoms with E-state index >= 15 is 0 Å². The molecule has 0 aromatic heterocycles. The summed E-state index contributed by atoms with van der Waals surface area (Å²) in [6, 6.07) is 7.05. The minimum atomic E-state index is -0.264. The number of rotatable bonds is 6. The molecule has 1 aromatic rings. The zero-order valence-corrected chi connectivity index (χ0v) is 12.6. The number of para-hydroxylation sites is 1. The van der Waals surface area contributed by atoms with Crippen LogP contribution in [0.5, 0.6) is 5.75 Å². The van der Waals surface area contributed by atoms with Gasteiger partial charge in [-0.15, -0.1) is 0 Å². The highest BCUT2D eigenvalue weighted by Gasteiger charge is 2.31. The first kappa shape index (κ1) is 15.3. The molecule has 1 saturated carbocycles. The Morgan fingerprint density at radius 2 is 2.05 bits per heavy atom. The number of nitrogens with one attached hydrogen (secondary N) is 1. The molecule has 0 saturated heterocycles. The van der Waals surface area contributed by atoms with E-state index in [1.165, 1.54) is 25.3 Å². The Morgan fingerprint density at radius 1 is 1.25 bits per heavy atom. The van der Waals surface area contributed by atoms with Gasteiger partial charge in [-0.1, -0.05) is 38.8 Å². The van der Waals surface area contributed by atoms with Crippen LogP contribution in [0.15, 0.2) is 24.3 Å². The third-order valence-electron chi connectivity index (χ3n) is 4.18. The van der Waals surface area contributed by atoms with Gasteiger partial charge in [-0.05, 0) is 43.9 Å². The number of hydrogen-bond donors (Lipinski definition) is 1. The van der Waals surface area contributed by atoms with Crippen LogP contribution in [0.2, 0.25) is 0 Å². The van der Waals surface area contributed by atoms with E-state index in [9.17, 15) is 4.39 Å². The fraction of sp³-hybridized carbons (Fsp3) is 0.647. The van der Waals surface area contributed by atoms with Crippen LogP contribution >= 0.6 is 0 Å². The second-order valence-electron chi connectivity index (χ2n) is 5.72. The lowest BCUT2D eigenvalue weighted by Gasteiger charge is -2.36. The maximum Gasteiger partial charge on any atom is 0.165 e. The van der Waals surface area contributed by atoms with Crippen LogP contribution in [0.25, 0.3) is 0 Å². The molecule has 0 radical (unpaired) electrons. The third-order valence-corrected chi connectivity index (χ3v) is 4.18. The highest BCUT2D eigenvalue weighted by Crippen LogP contribution is 2.31. The van der Waals surface area contributed by atoms with Gasteiger partial charge in [-0.2, -0.15) is 0 Å². The SMILES string of the molecule is CCCC1CCC(NCC)C(Oc2ccccc2F)C1. The fourth-order valence-corrected chi connectivity index (χ4v) is 3.21. The second-order valence-corrected chi connectivity index (χ2v) is 5.72. The molecule has 1 N–H and O–H groups in total. The summed E-state index contributed by atoms with van der Waals surface area (Å²) in [5.41, 5.74) is 0. The third kappa shape index (κ3) is 3.95. The molecule has 2 rings (SSSR count). The van der Waals surface area contributed by atoms with Crippen LogP contribution in [0.1, 0.15) is 46.0 Å². The summed E-state index contributed by atoms with van der Waals surface area (Å²) >= 11 is 0. The molecule has 20 heavy (non-hydrogen) atoms. The molecular formula is C17H26FNO. The zero-order valence-electron chi connectivity index (χ0n) is 12.6. The van der Waals surface area contributed by atoms with Gasteiger partial charge in [0.15, 0.2) is 11.6 Å². The summed E-state index contributed by atoms with van der Waals surface area (Å²) in [7, 11) is 0. The summed E-state index contributed by atoms with van der Waals surface area (Å²) in [5, 5.41) is 3.49. The van der Waals surface area contributed by atoms with Crippen molar-refractivity contribution in [3.8, 4) is 5.75 Å². The van der Waals surface area contributed by atoms with Gasteiger partial charge < -0.3 is 10.1 Å². The molecule has 1 aliphatic rings. The summed E-state index contributed by atoms with van der Waals surface area (Å²) < 4.78 is 19.7. The van der Waals surface area contributed by atoms with Crippen molar-refractivity contribution in [3.63, 3.8) is 0 Å². The van der Waals surface area contributed by atoms with Gasteiger partial charge in [0.2, 0.25) is 0 Å². The van der Waals surface area contributed by atoms with E-state index in [4.69, 9.17) is 4.74 Å². The Hall–Kier alpha value is -1.09. The fourth-order valence-electron chi connectivity index (χ4n) is 3.21.